The number of rotatable bonds is 2. The summed E-state index contributed by atoms with van der Waals surface area (Å²) in [5.74, 6) is 0. The Morgan fingerprint density at radius 2 is 1.54 bits per heavy atom. The van der Waals surface area contributed by atoms with Gasteiger partial charge in [-0.25, -0.2) is 0 Å². The van der Waals surface area contributed by atoms with Crippen molar-refractivity contribution >= 4 is 29.1 Å². The molecule has 4 heteroatoms. The third-order valence-corrected chi connectivity index (χ3v) is 4.85. The minimum absolute atomic E-state index is 0.0771. The van der Waals surface area contributed by atoms with E-state index >= 15 is 0 Å². The van der Waals surface area contributed by atoms with Gasteiger partial charge in [0.25, 0.3) is 0 Å². The van der Waals surface area contributed by atoms with Gasteiger partial charge in [-0.15, -0.1) is 0 Å². The smallest absolute Gasteiger partial charge is 0.328 e. The number of aromatic nitrogens is 2. The first-order valence-electron chi connectivity index (χ1n) is 8.72. The highest BCUT2D eigenvalue weighted by Crippen LogP contribution is 2.37. The predicted molar refractivity (Wildman–Crippen MR) is 108 cm³/mol. The van der Waals surface area contributed by atoms with E-state index in [-0.39, 0.29) is 6.85 Å². The van der Waals surface area contributed by atoms with Crippen molar-refractivity contribution in [1.29, 1.82) is 0 Å². The highest BCUT2D eigenvalue weighted by atomic mass is 15.1. The number of nitrogens with zero attached hydrogens (tertiary/aromatic N) is 3. The highest BCUT2D eigenvalue weighted by Gasteiger charge is 2.37. The van der Waals surface area contributed by atoms with E-state index < -0.39 is 0 Å². The molecule has 0 N–H and O–H groups in total. The molecule has 2 aromatic carbocycles. The van der Waals surface area contributed by atoms with E-state index in [1.807, 2.05) is 30.7 Å². The van der Waals surface area contributed by atoms with Crippen molar-refractivity contribution in [2.24, 2.45) is 0 Å². The van der Waals surface area contributed by atoms with E-state index in [0.717, 1.165) is 17.1 Å². The summed E-state index contributed by atoms with van der Waals surface area (Å²) < 4.78 is 0. The second-order valence-electron chi connectivity index (χ2n) is 6.35. The van der Waals surface area contributed by atoms with Crippen LogP contribution in [0.3, 0.4) is 0 Å². The van der Waals surface area contributed by atoms with Crippen molar-refractivity contribution in [3.8, 4) is 11.3 Å². The Kier molecular flexibility index (Phi) is 3.53. The zero-order valence-corrected chi connectivity index (χ0v) is 14.2. The molecule has 0 bridgehead atoms. The summed E-state index contributed by atoms with van der Waals surface area (Å²) in [5.41, 5.74) is 6.88. The number of hydrogen-bond acceptors (Lipinski definition) is 3. The molecule has 0 amide bonds. The van der Waals surface area contributed by atoms with Crippen molar-refractivity contribution in [1.82, 2.24) is 9.97 Å². The first kappa shape index (κ1) is 14.9. The topological polar surface area (TPSA) is 29.0 Å². The van der Waals surface area contributed by atoms with Gasteiger partial charge < -0.3 is 4.81 Å². The largest absolute Gasteiger partial charge is 0.374 e. The molecular weight excluding hydrogens is 317 g/mol. The van der Waals surface area contributed by atoms with Gasteiger partial charge in [0, 0.05) is 24.3 Å². The lowest BCUT2D eigenvalue weighted by Crippen LogP contribution is -2.57. The van der Waals surface area contributed by atoms with Crippen LogP contribution >= 0.6 is 0 Å². The lowest BCUT2D eigenvalue weighted by Gasteiger charge is -2.37. The van der Waals surface area contributed by atoms with Gasteiger partial charge in [0.2, 0.25) is 0 Å². The Morgan fingerprint density at radius 1 is 0.731 bits per heavy atom. The molecule has 26 heavy (non-hydrogen) atoms. The lowest BCUT2D eigenvalue weighted by molar-refractivity contribution is 1.24. The molecule has 0 saturated carbocycles. The van der Waals surface area contributed by atoms with Crippen LogP contribution in [0.25, 0.3) is 11.3 Å². The Labute approximate surface area is 153 Å². The molecule has 0 saturated heterocycles. The SMILES string of the molecule is c1ccc(B2c3ccccc3-c3ncccc3N2c2cccnc2)cc1. The molecule has 4 aromatic rings. The quantitative estimate of drug-likeness (QED) is 0.527. The number of fused-ring (bicyclic) bond motifs is 3. The van der Waals surface area contributed by atoms with Crippen molar-refractivity contribution in [3.05, 3.63) is 97.5 Å². The average Bonchev–Trinajstić information content (AvgIpc) is 2.74. The van der Waals surface area contributed by atoms with E-state index in [0.29, 0.717) is 0 Å². The maximum atomic E-state index is 4.70. The third-order valence-electron chi connectivity index (χ3n) is 4.85. The van der Waals surface area contributed by atoms with Gasteiger partial charge in [0.1, 0.15) is 0 Å². The summed E-state index contributed by atoms with van der Waals surface area (Å²) in [7, 11) is 0. The molecule has 3 nitrogen and oxygen atoms in total. The first-order valence-corrected chi connectivity index (χ1v) is 8.72. The molecule has 0 aliphatic carbocycles. The van der Waals surface area contributed by atoms with Crippen LogP contribution in [-0.4, -0.2) is 16.8 Å². The maximum Gasteiger partial charge on any atom is 0.328 e. The number of benzene rings is 2. The Hall–Kier alpha value is -3.40. The summed E-state index contributed by atoms with van der Waals surface area (Å²) in [5, 5.41) is 0. The fourth-order valence-electron chi connectivity index (χ4n) is 3.78. The van der Waals surface area contributed by atoms with Gasteiger partial charge in [0.05, 0.1) is 11.4 Å². The van der Waals surface area contributed by atoms with Crippen LogP contribution in [0.1, 0.15) is 0 Å². The highest BCUT2D eigenvalue weighted by molar-refractivity contribution is 6.90. The standard InChI is InChI=1S/C22H16BN3/c1-2-8-17(9-3-1)23-20-12-5-4-11-19(20)22-21(13-7-15-25-22)26(23)18-10-6-14-24-16-18/h1-16H. The van der Waals surface area contributed by atoms with Crippen molar-refractivity contribution in [3.63, 3.8) is 0 Å². The Balaban J connectivity index is 1.83. The predicted octanol–water partition coefficient (Wildman–Crippen LogP) is 3.40. The van der Waals surface area contributed by atoms with Crippen LogP contribution in [-0.2, 0) is 0 Å². The maximum absolute atomic E-state index is 4.70. The number of pyridine rings is 2. The van der Waals surface area contributed by atoms with Gasteiger partial charge in [-0.3, -0.25) is 9.97 Å². The van der Waals surface area contributed by atoms with Crippen LogP contribution in [0.15, 0.2) is 97.5 Å². The van der Waals surface area contributed by atoms with Gasteiger partial charge in [-0.1, -0.05) is 60.1 Å². The summed E-state index contributed by atoms with van der Waals surface area (Å²) in [6, 6.07) is 27.4. The van der Waals surface area contributed by atoms with Crippen LogP contribution in [0.5, 0.6) is 0 Å². The Morgan fingerprint density at radius 3 is 2.38 bits per heavy atom. The fraction of sp³-hybridized carbons (Fsp3) is 0. The van der Waals surface area contributed by atoms with E-state index in [2.05, 4.69) is 76.5 Å². The zero-order valence-electron chi connectivity index (χ0n) is 14.2. The summed E-state index contributed by atoms with van der Waals surface area (Å²) in [4.78, 5) is 11.4. The van der Waals surface area contributed by atoms with E-state index in [1.54, 1.807) is 0 Å². The number of hydrogen-bond donors (Lipinski definition) is 0. The molecule has 0 atom stereocenters. The third kappa shape index (κ3) is 2.31. The second kappa shape index (κ2) is 6.15. The molecule has 3 heterocycles. The average molecular weight is 333 g/mol. The van der Waals surface area contributed by atoms with Crippen LogP contribution in [0.4, 0.5) is 11.4 Å². The molecular formula is C22H16BN3. The van der Waals surface area contributed by atoms with Gasteiger partial charge in [-0.05, 0) is 35.3 Å². The fourth-order valence-corrected chi connectivity index (χ4v) is 3.78. The molecule has 5 rings (SSSR count). The molecule has 0 spiro atoms. The van der Waals surface area contributed by atoms with Crippen LogP contribution < -0.4 is 15.7 Å². The van der Waals surface area contributed by atoms with E-state index in [9.17, 15) is 0 Å². The summed E-state index contributed by atoms with van der Waals surface area (Å²) in [6.07, 6.45) is 5.59. The summed E-state index contributed by atoms with van der Waals surface area (Å²) in [6.45, 7) is 0.0771. The first-order chi connectivity index (χ1) is 12.9. The minimum atomic E-state index is 0.0771. The monoisotopic (exact) mass is 333 g/mol. The van der Waals surface area contributed by atoms with Crippen molar-refractivity contribution in [2.45, 2.75) is 0 Å². The molecule has 0 unspecified atom stereocenters. The van der Waals surface area contributed by atoms with E-state index in [1.165, 1.54) is 16.5 Å². The molecule has 0 radical (unpaired) electrons. The number of anilines is 2. The molecule has 122 valence electrons. The normalized spacial score (nSPS) is 12.5. The van der Waals surface area contributed by atoms with Gasteiger partial charge in [-0.2, -0.15) is 0 Å². The lowest BCUT2D eigenvalue weighted by atomic mass is 9.46. The second-order valence-corrected chi connectivity index (χ2v) is 6.35. The molecule has 0 fully saturated rings. The molecule has 1 aliphatic rings. The zero-order chi connectivity index (χ0) is 17.3. The van der Waals surface area contributed by atoms with Gasteiger partial charge in [0.15, 0.2) is 0 Å². The van der Waals surface area contributed by atoms with Crippen molar-refractivity contribution < 1.29 is 0 Å². The van der Waals surface area contributed by atoms with Gasteiger partial charge >= 0.3 is 6.85 Å². The molecule has 1 aliphatic heterocycles. The van der Waals surface area contributed by atoms with E-state index in [4.69, 9.17) is 4.98 Å². The Bertz CT molecular complexity index is 964. The van der Waals surface area contributed by atoms with Crippen molar-refractivity contribution in [2.75, 3.05) is 4.81 Å². The minimum Gasteiger partial charge on any atom is -0.374 e. The molecule has 2 aromatic heterocycles. The summed E-state index contributed by atoms with van der Waals surface area (Å²) >= 11 is 0. The van der Waals surface area contributed by atoms with Crippen LogP contribution in [0.2, 0.25) is 0 Å². The van der Waals surface area contributed by atoms with Crippen LogP contribution in [0, 0.1) is 0 Å².